The highest BCUT2D eigenvalue weighted by Gasteiger charge is 2.20. The van der Waals surface area contributed by atoms with Crippen LogP contribution in [-0.2, 0) is 14.8 Å². The smallest absolute Gasteiger partial charge is 0.265 e. The van der Waals surface area contributed by atoms with Crippen molar-refractivity contribution in [3.05, 3.63) is 76.8 Å². The predicted molar refractivity (Wildman–Crippen MR) is 130 cm³/mol. The molecule has 0 aromatic heterocycles. The van der Waals surface area contributed by atoms with Crippen LogP contribution >= 0.6 is 23.2 Å². The van der Waals surface area contributed by atoms with Gasteiger partial charge in [0.15, 0.2) is 6.10 Å². The van der Waals surface area contributed by atoms with Gasteiger partial charge >= 0.3 is 0 Å². The van der Waals surface area contributed by atoms with Gasteiger partial charge in [-0.25, -0.2) is 8.42 Å². The fourth-order valence-electron chi connectivity index (χ4n) is 2.91. The number of carbonyl (C=O) groups is 1. The number of sulfonamides is 1. The van der Waals surface area contributed by atoms with Gasteiger partial charge in [-0.3, -0.25) is 9.52 Å². The summed E-state index contributed by atoms with van der Waals surface area (Å²) in [4.78, 5) is 12.7. The van der Waals surface area contributed by atoms with Gasteiger partial charge in [0, 0.05) is 15.7 Å². The van der Waals surface area contributed by atoms with E-state index in [2.05, 4.69) is 10.0 Å². The Balaban J connectivity index is 1.66. The third-order valence-corrected chi connectivity index (χ3v) is 6.38. The molecule has 0 saturated heterocycles. The number of halogens is 2. The van der Waals surface area contributed by atoms with Gasteiger partial charge in [-0.1, -0.05) is 30.1 Å². The molecule has 3 aromatic rings. The predicted octanol–water partition coefficient (Wildman–Crippen LogP) is 5.60. The van der Waals surface area contributed by atoms with Crippen LogP contribution in [0.1, 0.15) is 13.3 Å². The molecule has 1 amide bonds. The molecule has 10 heteroatoms. The molecule has 0 heterocycles. The van der Waals surface area contributed by atoms with Gasteiger partial charge in [0.05, 0.1) is 17.7 Å². The molecular weight excluding hydrogens is 487 g/mol. The second kappa shape index (κ2) is 10.8. The maximum atomic E-state index is 12.6. The fourth-order valence-corrected chi connectivity index (χ4v) is 4.47. The minimum absolute atomic E-state index is 0.0121. The Morgan fingerprint density at radius 2 is 1.48 bits per heavy atom. The molecule has 0 aliphatic rings. The summed E-state index contributed by atoms with van der Waals surface area (Å²) in [5.74, 6) is 0.866. The first kappa shape index (κ1) is 24.7. The Hall–Kier alpha value is -2.94. The maximum absolute atomic E-state index is 12.6. The number of benzene rings is 3. The summed E-state index contributed by atoms with van der Waals surface area (Å²) >= 11 is 11.8. The molecule has 174 valence electrons. The van der Waals surface area contributed by atoms with Crippen molar-refractivity contribution in [2.45, 2.75) is 24.3 Å². The number of rotatable bonds is 9. The number of ether oxygens (including phenoxy) is 2. The molecule has 33 heavy (non-hydrogen) atoms. The number of hydrogen-bond donors (Lipinski definition) is 2. The third kappa shape index (κ3) is 6.77. The number of amides is 1. The van der Waals surface area contributed by atoms with E-state index in [1.54, 1.807) is 31.4 Å². The second-order valence-corrected chi connectivity index (χ2v) is 9.52. The van der Waals surface area contributed by atoms with Gasteiger partial charge in [0.2, 0.25) is 0 Å². The van der Waals surface area contributed by atoms with Crippen LogP contribution in [0.4, 0.5) is 11.4 Å². The monoisotopic (exact) mass is 508 g/mol. The molecule has 0 fully saturated rings. The molecule has 0 aliphatic carbocycles. The molecule has 7 nitrogen and oxygen atoms in total. The molecular formula is C23H22Cl2N2O5S. The molecule has 0 radical (unpaired) electrons. The minimum Gasteiger partial charge on any atom is -0.497 e. The van der Waals surface area contributed by atoms with Crippen LogP contribution in [0.15, 0.2) is 71.6 Å². The lowest BCUT2D eigenvalue weighted by molar-refractivity contribution is -0.122. The summed E-state index contributed by atoms with van der Waals surface area (Å²) in [6.07, 6.45) is -0.285. The average Bonchev–Trinajstić information content (AvgIpc) is 2.77. The van der Waals surface area contributed by atoms with E-state index in [1.165, 1.54) is 42.5 Å². The van der Waals surface area contributed by atoms with Crippen LogP contribution in [0.3, 0.4) is 0 Å². The Kier molecular flexibility index (Phi) is 8.07. The number of carbonyl (C=O) groups excluding carboxylic acids is 1. The fraction of sp³-hybridized carbons (Fsp3) is 0.174. The first-order chi connectivity index (χ1) is 15.7. The first-order valence-electron chi connectivity index (χ1n) is 9.90. The zero-order valence-electron chi connectivity index (χ0n) is 17.8. The Bertz CT molecular complexity index is 1200. The Morgan fingerprint density at radius 3 is 2.03 bits per heavy atom. The first-order valence-corrected chi connectivity index (χ1v) is 12.1. The van der Waals surface area contributed by atoms with E-state index in [0.717, 1.165) is 0 Å². The quantitative estimate of drug-likeness (QED) is 0.392. The van der Waals surface area contributed by atoms with Crippen molar-refractivity contribution in [3.8, 4) is 11.5 Å². The summed E-state index contributed by atoms with van der Waals surface area (Å²) < 4.78 is 38.6. The van der Waals surface area contributed by atoms with Crippen LogP contribution in [0, 0.1) is 0 Å². The lowest BCUT2D eigenvalue weighted by atomic mass is 10.2. The Morgan fingerprint density at radius 1 is 0.909 bits per heavy atom. The van der Waals surface area contributed by atoms with E-state index in [1.807, 2.05) is 6.92 Å². The minimum atomic E-state index is -3.87. The standard InChI is InChI=1S/C23H22Cl2N2O5S/c1-3-22(32-20-8-6-19(31-2)7-9-20)23(28)26-17-4-10-21(11-5-17)33(29,30)27-18-13-15(24)12-16(25)14-18/h4-14,22,27H,3H2,1-2H3,(H,26,28)/t22-/m0/s1. The van der Waals surface area contributed by atoms with Crippen molar-refractivity contribution in [2.75, 3.05) is 17.1 Å². The zero-order chi connectivity index (χ0) is 24.0. The topological polar surface area (TPSA) is 93.7 Å². The summed E-state index contributed by atoms with van der Waals surface area (Å²) in [5, 5.41) is 3.35. The van der Waals surface area contributed by atoms with E-state index in [-0.39, 0.29) is 16.5 Å². The van der Waals surface area contributed by atoms with Crippen LogP contribution in [0.2, 0.25) is 10.0 Å². The van der Waals surface area contributed by atoms with Crippen molar-refractivity contribution in [2.24, 2.45) is 0 Å². The molecule has 0 bridgehead atoms. The highest BCUT2D eigenvalue weighted by Crippen LogP contribution is 2.25. The maximum Gasteiger partial charge on any atom is 0.265 e. The Labute approximate surface area is 202 Å². The van der Waals surface area contributed by atoms with E-state index in [4.69, 9.17) is 32.7 Å². The van der Waals surface area contributed by atoms with Crippen LogP contribution in [-0.4, -0.2) is 27.5 Å². The normalized spacial score (nSPS) is 12.0. The van der Waals surface area contributed by atoms with E-state index in [9.17, 15) is 13.2 Å². The van der Waals surface area contributed by atoms with Crippen LogP contribution in [0.5, 0.6) is 11.5 Å². The van der Waals surface area contributed by atoms with Crippen LogP contribution < -0.4 is 19.5 Å². The summed E-state index contributed by atoms with van der Waals surface area (Å²) in [7, 11) is -2.31. The second-order valence-electron chi connectivity index (χ2n) is 6.97. The van der Waals surface area contributed by atoms with Gasteiger partial charge in [-0.05, 0) is 73.2 Å². The highest BCUT2D eigenvalue weighted by atomic mass is 35.5. The molecule has 0 aliphatic heterocycles. The van der Waals surface area contributed by atoms with E-state index < -0.39 is 16.1 Å². The van der Waals surface area contributed by atoms with E-state index >= 15 is 0 Å². The summed E-state index contributed by atoms with van der Waals surface area (Å²) in [6, 6.07) is 17.1. The number of anilines is 2. The summed E-state index contributed by atoms with van der Waals surface area (Å²) in [5.41, 5.74) is 0.674. The molecule has 0 spiro atoms. The van der Waals surface area contributed by atoms with Gasteiger partial charge in [-0.15, -0.1) is 0 Å². The lowest BCUT2D eigenvalue weighted by Crippen LogP contribution is -2.32. The number of hydrogen-bond acceptors (Lipinski definition) is 5. The largest absolute Gasteiger partial charge is 0.497 e. The molecule has 0 saturated carbocycles. The SMILES string of the molecule is CC[C@H](Oc1ccc(OC)cc1)C(=O)Nc1ccc(S(=O)(=O)Nc2cc(Cl)cc(Cl)c2)cc1. The lowest BCUT2D eigenvalue weighted by Gasteiger charge is -2.17. The number of methoxy groups -OCH3 is 1. The average molecular weight is 509 g/mol. The number of nitrogens with one attached hydrogen (secondary N) is 2. The van der Waals surface area contributed by atoms with Crippen molar-refractivity contribution in [1.29, 1.82) is 0 Å². The van der Waals surface area contributed by atoms with Crippen LogP contribution in [0.25, 0.3) is 0 Å². The molecule has 2 N–H and O–H groups in total. The summed E-state index contributed by atoms with van der Waals surface area (Å²) in [6.45, 7) is 1.83. The van der Waals surface area contributed by atoms with Crippen molar-refractivity contribution in [3.63, 3.8) is 0 Å². The van der Waals surface area contributed by atoms with Gasteiger partial charge in [0.1, 0.15) is 11.5 Å². The molecule has 3 aromatic carbocycles. The van der Waals surface area contributed by atoms with Gasteiger partial charge < -0.3 is 14.8 Å². The van der Waals surface area contributed by atoms with E-state index in [0.29, 0.717) is 33.7 Å². The molecule has 1 atom stereocenters. The van der Waals surface area contributed by atoms with Crippen molar-refractivity contribution in [1.82, 2.24) is 0 Å². The molecule has 3 rings (SSSR count). The molecule has 0 unspecified atom stereocenters. The zero-order valence-corrected chi connectivity index (χ0v) is 20.2. The van der Waals surface area contributed by atoms with Crippen molar-refractivity contribution < 1.29 is 22.7 Å². The highest BCUT2D eigenvalue weighted by molar-refractivity contribution is 7.92. The third-order valence-electron chi connectivity index (χ3n) is 4.55. The van der Waals surface area contributed by atoms with Gasteiger partial charge in [-0.2, -0.15) is 0 Å². The van der Waals surface area contributed by atoms with Crippen molar-refractivity contribution >= 4 is 50.5 Å². The van der Waals surface area contributed by atoms with Gasteiger partial charge in [0.25, 0.3) is 15.9 Å².